The molecule has 4 rings (SSSR count). The van der Waals surface area contributed by atoms with Crippen molar-refractivity contribution < 1.29 is 23.9 Å². The summed E-state index contributed by atoms with van der Waals surface area (Å²) in [6.45, 7) is 6.26. The summed E-state index contributed by atoms with van der Waals surface area (Å²) in [5, 5.41) is 2.48. The first kappa shape index (κ1) is 26.2. The lowest BCUT2D eigenvalue weighted by molar-refractivity contribution is -0.146. The monoisotopic (exact) mass is 502 g/mol. The molecule has 1 aliphatic carbocycles. The molecule has 7 heteroatoms. The molecule has 1 aliphatic heterocycles. The van der Waals surface area contributed by atoms with Crippen LogP contribution in [0.4, 0.5) is 4.79 Å². The zero-order valence-electron chi connectivity index (χ0n) is 21.9. The molecule has 2 aliphatic rings. The van der Waals surface area contributed by atoms with Crippen LogP contribution in [0.1, 0.15) is 62.3 Å². The number of hydrogen-bond donors (Lipinski definition) is 1. The predicted octanol–water partition coefficient (Wildman–Crippen LogP) is 5.05. The van der Waals surface area contributed by atoms with E-state index >= 15 is 0 Å². The first-order valence-electron chi connectivity index (χ1n) is 12.6. The molecule has 0 radical (unpaired) electrons. The average molecular weight is 503 g/mol. The van der Waals surface area contributed by atoms with Gasteiger partial charge in [-0.2, -0.15) is 0 Å². The fourth-order valence-corrected chi connectivity index (χ4v) is 4.81. The van der Waals surface area contributed by atoms with E-state index in [1.165, 1.54) is 40.5 Å². The van der Waals surface area contributed by atoms with Crippen LogP contribution in [0.5, 0.6) is 0 Å². The van der Waals surface area contributed by atoms with E-state index in [4.69, 9.17) is 9.47 Å². The fourth-order valence-electron chi connectivity index (χ4n) is 4.81. The number of rotatable bonds is 4. The Morgan fingerprint density at radius 3 is 1.97 bits per heavy atom. The number of benzene rings is 2. The van der Waals surface area contributed by atoms with E-state index in [-0.39, 0.29) is 12.3 Å². The summed E-state index contributed by atoms with van der Waals surface area (Å²) in [7, 11) is 1.23. The largest absolute Gasteiger partial charge is 0.467 e. The minimum Gasteiger partial charge on any atom is -0.467 e. The standard InChI is InChI=1S/C30H34N2O5/c1-30(2,3)37-29(35)31-25(28(34)36-4)19-26(33)32-17-15-22(16-18-32)27-23-11-7-5-9-20(23)13-14-21-10-6-8-12-24(21)27/h5-14,25H,15-19H2,1-4H3,(H,31,35). The van der Waals surface area contributed by atoms with Gasteiger partial charge in [-0.25, -0.2) is 9.59 Å². The number of esters is 1. The van der Waals surface area contributed by atoms with Gasteiger partial charge in [-0.3, -0.25) is 4.79 Å². The van der Waals surface area contributed by atoms with Crippen molar-refractivity contribution in [3.8, 4) is 0 Å². The van der Waals surface area contributed by atoms with Crippen LogP contribution in [0.15, 0.2) is 54.1 Å². The van der Waals surface area contributed by atoms with Gasteiger partial charge in [-0.05, 0) is 61.4 Å². The summed E-state index contributed by atoms with van der Waals surface area (Å²) < 4.78 is 10.1. The van der Waals surface area contributed by atoms with Gasteiger partial charge in [-0.15, -0.1) is 0 Å². The Bertz CT molecular complexity index is 1190. The molecule has 1 heterocycles. The minimum atomic E-state index is -1.11. The Kier molecular flexibility index (Phi) is 7.81. The zero-order valence-corrected chi connectivity index (χ0v) is 21.9. The molecule has 1 atom stereocenters. The fraction of sp³-hybridized carbons (Fsp3) is 0.367. The molecule has 1 unspecified atom stereocenters. The van der Waals surface area contributed by atoms with Crippen LogP contribution in [0.3, 0.4) is 0 Å². The molecular formula is C30H34N2O5. The molecule has 7 nitrogen and oxygen atoms in total. The second-order valence-corrected chi connectivity index (χ2v) is 10.3. The van der Waals surface area contributed by atoms with Crippen molar-refractivity contribution in [3.05, 3.63) is 76.4 Å². The molecule has 2 amide bonds. The number of amides is 2. The summed E-state index contributed by atoms with van der Waals surface area (Å²) in [5.41, 5.74) is 6.57. The lowest BCUT2D eigenvalue weighted by Crippen LogP contribution is -2.48. The lowest BCUT2D eigenvalue weighted by atomic mass is 9.86. The molecular weight excluding hydrogens is 468 g/mol. The molecule has 37 heavy (non-hydrogen) atoms. The first-order valence-corrected chi connectivity index (χ1v) is 12.6. The smallest absolute Gasteiger partial charge is 0.408 e. The second-order valence-electron chi connectivity index (χ2n) is 10.3. The number of carbonyl (C=O) groups excluding carboxylic acids is 3. The number of alkyl carbamates (subject to hydrolysis) is 1. The molecule has 0 aromatic heterocycles. The number of hydrogen-bond acceptors (Lipinski definition) is 5. The Morgan fingerprint density at radius 1 is 0.919 bits per heavy atom. The van der Waals surface area contributed by atoms with Crippen LogP contribution in [0.2, 0.25) is 0 Å². The number of likely N-dealkylation sites (tertiary alicyclic amines) is 1. The van der Waals surface area contributed by atoms with Gasteiger partial charge < -0.3 is 19.7 Å². The topological polar surface area (TPSA) is 84.9 Å². The number of piperidine rings is 1. The summed E-state index contributed by atoms with van der Waals surface area (Å²) in [6.07, 6.45) is 4.82. The van der Waals surface area contributed by atoms with E-state index in [1.807, 2.05) is 12.1 Å². The van der Waals surface area contributed by atoms with Gasteiger partial charge in [0.25, 0.3) is 0 Å². The molecule has 2 aromatic carbocycles. The molecule has 2 aromatic rings. The third kappa shape index (κ3) is 6.28. The molecule has 1 N–H and O–H groups in total. The Labute approximate surface area is 218 Å². The maximum atomic E-state index is 13.1. The van der Waals surface area contributed by atoms with E-state index in [9.17, 15) is 14.4 Å². The van der Waals surface area contributed by atoms with E-state index in [1.54, 1.807) is 25.7 Å². The van der Waals surface area contributed by atoms with Crippen molar-refractivity contribution in [3.63, 3.8) is 0 Å². The highest BCUT2D eigenvalue weighted by atomic mass is 16.6. The van der Waals surface area contributed by atoms with E-state index < -0.39 is 23.7 Å². The van der Waals surface area contributed by atoms with Crippen molar-refractivity contribution in [1.29, 1.82) is 0 Å². The van der Waals surface area contributed by atoms with Crippen LogP contribution in [-0.2, 0) is 19.1 Å². The summed E-state index contributed by atoms with van der Waals surface area (Å²) in [5.74, 6) is -0.892. The normalized spacial score (nSPS) is 15.7. The highest BCUT2D eigenvalue weighted by molar-refractivity contribution is 5.95. The van der Waals surface area contributed by atoms with E-state index in [0.717, 1.165) is 12.8 Å². The number of nitrogens with zero attached hydrogens (tertiary/aromatic N) is 1. The third-order valence-electron chi connectivity index (χ3n) is 6.53. The minimum absolute atomic E-state index is 0.187. The van der Waals surface area contributed by atoms with Gasteiger partial charge in [0.2, 0.25) is 5.91 Å². The molecule has 1 fully saturated rings. The number of nitrogens with one attached hydrogen (secondary N) is 1. The van der Waals surface area contributed by atoms with E-state index in [0.29, 0.717) is 13.1 Å². The van der Waals surface area contributed by atoms with Crippen LogP contribution >= 0.6 is 0 Å². The highest BCUT2D eigenvalue weighted by Crippen LogP contribution is 2.38. The highest BCUT2D eigenvalue weighted by Gasteiger charge is 2.31. The van der Waals surface area contributed by atoms with Gasteiger partial charge in [-0.1, -0.05) is 66.3 Å². The quantitative estimate of drug-likeness (QED) is 0.505. The SMILES string of the molecule is COC(=O)C(CC(=O)N1CCC(=C2c3ccccc3C=Cc3ccccc32)CC1)NC(=O)OC(C)(C)C. The Morgan fingerprint density at radius 2 is 1.46 bits per heavy atom. The molecule has 194 valence electrons. The summed E-state index contributed by atoms with van der Waals surface area (Å²) in [6, 6.07) is 15.7. The van der Waals surface area contributed by atoms with Crippen LogP contribution in [0.25, 0.3) is 17.7 Å². The average Bonchev–Trinajstić information content (AvgIpc) is 3.04. The van der Waals surface area contributed by atoms with Gasteiger partial charge in [0, 0.05) is 13.1 Å². The van der Waals surface area contributed by atoms with Crippen molar-refractivity contribution >= 4 is 35.7 Å². The van der Waals surface area contributed by atoms with Gasteiger partial charge in [0.1, 0.15) is 11.6 Å². The van der Waals surface area contributed by atoms with Crippen LogP contribution < -0.4 is 5.32 Å². The van der Waals surface area contributed by atoms with Crippen LogP contribution in [-0.4, -0.2) is 54.7 Å². The Hall–Kier alpha value is -3.87. The molecule has 1 saturated heterocycles. The lowest BCUT2D eigenvalue weighted by Gasteiger charge is -2.31. The van der Waals surface area contributed by atoms with Gasteiger partial charge in [0.05, 0.1) is 13.5 Å². The zero-order chi connectivity index (χ0) is 26.6. The predicted molar refractivity (Wildman–Crippen MR) is 143 cm³/mol. The van der Waals surface area contributed by atoms with Gasteiger partial charge >= 0.3 is 12.1 Å². The Balaban J connectivity index is 1.50. The number of ether oxygens (including phenoxy) is 2. The summed E-state index contributed by atoms with van der Waals surface area (Å²) in [4.78, 5) is 39.4. The van der Waals surface area contributed by atoms with Crippen molar-refractivity contribution in [2.45, 2.75) is 51.7 Å². The van der Waals surface area contributed by atoms with Crippen molar-refractivity contribution in [1.82, 2.24) is 10.2 Å². The van der Waals surface area contributed by atoms with E-state index in [2.05, 4.69) is 53.9 Å². The number of fused-ring (bicyclic) bond motifs is 2. The first-order chi connectivity index (χ1) is 17.7. The van der Waals surface area contributed by atoms with Crippen molar-refractivity contribution in [2.24, 2.45) is 0 Å². The molecule has 0 saturated carbocycles. The molecule has 0 bridgehead atoms. The number of methoxy groups -OCH3 is 1. The summed E-state index contributed by atoms with van der Waals surface area (Å²) >= 11 is 0. The van der Waals surface area contributed by atoms with Crippen molar-refractivity contribution in [2.75, 3.05) is 20.2 Å². The van der Waals surface area contributed by atoms with Gasteiger partial charge in [0.15, 0.2) is 0 Å². The molecule has 0 spiro atoms. The second kappa shape index (κ2) is 11.0. The maximum absolute atomic E-state index is 13.1. The number of carbonyl (C=O) groups is 3. The van der Waals surface area contributed by atoms with Crippen LogP contribution in [0, 0.1) is 0 Å². The maximum Gasteiger partial charge on any atom is 0.408 e. The third-order valence-corrected chi connectivity index (χ3v) is 6.53.